The number of nitrogens with two attached hydrogens (primary N) is 1. The van der Waals surface area contributed by atoms with Gasteiger partial charge in [0.15, 0.2) is 11.5 Å². The van der Waals surface area contributed by atoms with Crippen molar-refractivity contribution >= 4 is 17.6 Å². The van der Waals surface area contributed by atoms with Crippen LogP contribution in [0.1, 0.15) is 18.5 Å². The van der Waals surface area contributed by atoms with Gasteiger partial charge in [-0.05, 0) is 6.92 Å². The van der Waals surface area contributed by atoms with Gasteiger partial charge in [0.05, 0.1) is 11.9 Å². The van der Waals surface area contributed by atoms with Crippen LogP contribution in [0.25, 0.3) is 5.65 Å². The standard InChI is InChI=1S/C13H15F2N5O2/c1-8-6-20-7-9(22-12(16)21)18-11(10(20)17-8)19-4-2-13(14,15)3-5-19/h6-7H,2-5H2,1H3,(H2,16,21). The second-order valence-corrected chi connectivity index (χ2v) is 5.28. The maximum absolute atomic E-state index is 13.3. The number of aryl methyl sites for hydroxylation is 1. The number of rotatable bonds is 2. The highest BCUT2D eigenvalue weighted by molar-refractivity contribution is 5.70. The lowest BCUT2D eigenvalue weighted by Gasteiger charge is -2.32. The molecule has 3 rings (SSSR count). The number of hydrogen-bond donors (Lipinski definition) is 1. The summed E-state index contributed by atoms with van der Waals surface area (Å²) in [4.78, 5) is 21.2. The number of ether oxygens (including phenoxy) is 1. The first-order chi connectivity index (χ1) is 10.3. The number of primary amides is 1. The van der Waals surface area contributed by atoms with Crippen molar-refractivity contribution in [3.63, 3.8) is 0 Å². The van der Waals surface area contributed by atoms with Crippen molar-refractivity contribution in [1.29, 1.82) is 0 Å². The molecule has 0 saturated carbocycles. The molecule has 0 unspecified atom stereocenters. The Morgan fingerprint density at radius 3 is 2.64 bits per heavy atom. The number of halogens is 2. The molecule has 1 saturated heterocycles. The third-order valence-corrected chi connectivity index (χ3v) is 3.52. The molecule has 0 bridgehead atoms. The van der Waals surface area contributed by atoms with Crippen LogP contribution in [0, 0.1) is 6.92 Å². The summed E-state index contributed by atoms with van der Waals surface area (Å²) in [7, 11) is 0. The molecule has 9 heteroatoms. The van der Waals surface area contributed by atoms with Crippen molar-refractivity contribution in [1.82, 2.24) is 14.4 Å². The van der Waals surface area contributed by atoms with Crippen LogP contribution in [-0.4, -0.2) is 39.5 Å². The molecule has 3 heterocycles. The molecule has 2 aromatic heterocycles. The zero-order chi connectivity index (χ0) is 15.9. The summed E-state index contributed by atoms with van der Waals surface area (Å²) in [5.74, 6) is -2.24. The van der Waals surface area contributed by atoms with Crippen molar-refractivity contribution < 1.29 is 18.3 Å². The lowest BCUT2D eigenvalue weighted by Crippen LogP contribution is -2.40. The zero-order valence-electron chi connectivity index (χ0n) is 11.9. The third-order valence-electron chi connectivity index (χ3n) is 3.52. The van der Waals surface area contributed by atoms with E-state index in [0.717, 1.165) is 5.69 Å². The largest absolute Gasteiger partial charge is 0.411 e. The van der Waals surface area contributed by atoms with Crippen LogP contribution < -0.4 is 15.4 Å². The number of carbonyl (C=O) groups is 1. The molecular formula is C13H15F2N5O2. The Hall–Kier alpha value is -2.45. The number of nitrogens with zero attached hydrogens (tertiary/aromatic N) is 4. The number of piperidine rings is 1. The van der Waals surface area contributed by atoms with Crippen molar-refractivity contribution in [2.75, 3.05) is 18.0 Å². The summed E-state index contributed by atoms with van der Waals surface area (Å²) < 4.78 is 33.1. The van der Waals surface area contributed by atoms with E-state index in [1.807, 2.05) is 0 Å². The summed E-state index contributed by atoms with van der Waals surface area (Å²) in [6.07, 6.45) is 1.72. The lowest BCUT2D eigenvalue weighted by atomic mass is 10.1. The molecule has 22 heavy (non-hydrogen) atoms. The van der Waals surface area contributed by atoms with Crippen LogP contribution in [-0.2, 0) is 0 Å². The molecule has 0 atom stereocenters. The minimum Gasteiger partial charge on any atom is -0.390 e. The van der Waals surface area contributed by atoms with Crippen LogP contribution in [0.3, 0.4) is 0 Å². The van der Waals surface area contributed by atoms with Crippen LogP contribution in [0.15, 0.2) is 12.4 Å². The van der Waals surface area contributed by atoms with E-state index in [9.17, 15) is 13.6 Å². The van der Waals surface area contributed by atoms with Gasteiger partial charge in [0.1, 0.15) is 0 Å². The SMILES string of the molecule is Cc1cn2cc(OC(N)=O)nc(N3CCC(F)(F)CC3)c2n1. The number of fused-ring (bicyclic) bond motifs is 1. The molecule has 7 nitrogen and oxygen atoms in total. The highest BCUT2D eigenvalue weighted by atomic mass is 19.3. The summed E-state index contributed by atoms with van der Waals surface area (Å²) in [5.41, 5.74) is 6.26. The normalized spacial score (nSPS) is 17.7. The highest BCUT2D eigenvalue weighted by Gasteiger charge is 2.35. The van der Waals surface area contributed by atoms with E-state index < -0.39 is 12.0 Å². The maximum atomic E-state index is 13.3. The van der Waals surface area contributed by atoms with Gasteiger partial charge in [-0.15, -0.1) is 0 Å². The Balaban J connectivity index is 2.01. The smallest absolute Gasteiger partial charge is 0.390 e. The number of imidazole rings is 1. The van der Waals surface area contributed by atoms with E-state index >= 15 is 0 Å². The fraction of sp³-hybridized carbons (Fsp3) is 0.462. The zero-order valence-corrected chi connectivity index (χ0v) is 11.9. The quantitative estimate of drug-likeness (QED) is 0.913. The molecule has 0 radical (unpaired) electrons. The Labute approximate surface area is 124 Å². The molecule has 2 aromatic rings. The number of hydrogen-bond acceptors (Lipinski definition) is 5. The number of amides is 1. The number of aromatic nitrogens is 3. The molecule has 1 aliphatic rings. The van der Waals surface area contributed by atoms with Crippen molar-refractivity contribution in [3.05, 3.63) is 18.1 Å². The first-order valence-corrected chi connectivity index (χ1v) is 6.80. The summed E-state index contributed by atoms with van der Waals surface area (Å²) >= 11 is 0. The van der Waals surface area contributed by atoms with E-state index in [4.69, 9.17) is 10.5 Å². The van der Waals surface area contributed by atoms with E-state index in [0.29, 0.717) is 11.5 Å². The molecule has 1 amide bonds. The number of carbonyl (C=O) groups excluding carboxylic acids is 1. The minimum absolute atomic E-state index is 0.00438. The average Bonchev–Trinajstić information content (AvgIpc) is 2.77. The number of alkyl halides is 2. The monoisotopic (exact) mass is 311 g/mol. The van der Waals surface area contributed by atoms with Gasteiger partial charge in [0.2, 0.25) is 5.88 Å². The predicted octanol–water partition coefficient (Wildman–Crippen LogP) is 1.73. The van der Waals surface area contributed by atoms with Gasteiger partial charge in [0.25, 0.3) is 5.92 Å². The average molecular weight is 311 g/mol. The Bertz CT molecular complexity index is 721. The van der Waals surface area contributed by atoms with Gasteiger partial charge in [0, 0.05) is 32.1 Å². The van der Waals surface area contributed by atoms with Crippen molar-refractivity contribution in [2.24, 2.45) is 5.73 Å². The van der Waals surface area contributed by atoms with Crippen LogP contribution >= 0.6 is 0 Å². The van der Waals surface area contributed by atoms with Gasteiger partial charge < -0.3 is 15.4 Å². The molecule has 1 aliphatic heterocycles. The van der Waals surface area contributed by atoms with Gasteiger partial charge in [-0.25, -0.2) is 18.6 Å². The number of anilines is 1. The Kier molecular flexibility index (Phi) is 3.34. The van der Waals surface area contributed by atoms with E-state index in [-0.39, 0.29) is 31.8 Å². The van der Waals surface area contributed by atoms with Crippen LogP contribution in [0.5, 0.6) is 5.88 Å². The fourth-order valence-corrected chi connectivity index (χ4v) is 2.49. The van der Waals surface area contributed by atoms with E-state index in [1.165, 1.54) is 6.20 Å². The first-order valence-electron chi connectivity index (χ1n) is 6.80. The van der Waals surface area contributed by atoms with Gasteiger partial charge >= 0.3 is 6.09 Å². The minimum atomic E-state index is -2.65. The van der Waals surface area contributed by atoms with Crippen molar-refractivity contribution in [2.45, 2.75) is 25.7 Å². The maximum Gasteiger partial charge on any atom is 0.411 e. The molecular weight excluding hydrogens is 296 g/mol. The Morgan fingerprint density at radius 2 is 2.00 bits per heavy atom. The van der Waals surface area contributed by atoms with E-state index in [2.05, 4.69) is 9.97 Å². The van der Waals surface area contributed by atoms with Gasteiger partial charge in [-0.1, -0.05) is 0 Å². The fourth-order valence-electron chi connectivity index (χ4n) is 2.49. The second-order valence-electron chi connectivity index (χ2n) is 5.28. The van der Waals surface area contributed by atoms with E-state index in [1.54, 1.807) is 22.4 Å². The summed E-state index contributed by atoms with van der Waals surface area (Å²) in [6, 6.07) is 0. The third kappa shape index (κ3) is 2.78. The molecule has 118 valence electrons. The molecule has 0 aromatic carbocycles. The van der Waals surface area contributed by atoms with Crippen molar-refractivity contribution in [3.8, 4) is 5.88 Å². The summed E-state index contributed by atoms with van der Waals surface area (Å²) in [5, 5.41) is 0. The molecule has 2 N–H and O–H groups in total. The predicted molar refractivity (Wildman–Crippen MR) is 74.3 cm³/mol. The molecule has 1 fully saturated rings. The van der Waals surface area contributed by atoms with Gasteiger partial charge in [-0.2, -0.15) is 4.98 Å². The highest BCUT2D eigenvalue weighted by Crippen LogP contribution is 2.32. The second kappa shape index (κ2) is 5.08. The van der Waals surface area contributed by atoms with Crippen LogP contribution in [0.2, 0.25) is 0 Å². The van der Waals surface area contributed by atoms with Gasteiger partial charge in [-0.3, -0.25) is 4.40 Å². The lowest BCUT2D eigenvalue weighted by molar-refractivity contribution is -0.0221. The van der Waals surface area contributed by atoms with Crippen LogP contribution in [0.4, 0.5) is 19.4 Å². The molecule has 0 aliphatic carbocycles. The first kappa shape index (κ1) is 14.5. The Morgan fingerprint density at radius 1 is 1.32 bits per heavy atom. The summed E-state index contributed by atoms with van der Waals surface area (Å²) in [6.45, 7) is 2.11. The molecule has 0 spiro atoms. The topological polar surface area (TPSA) is 85.8 Å².